The predicted molar refractivity (Wildman–Crippen MR) is 70.9 cm³/mol. The summed E-state index contributed by atoms with van der Waals surface area (Å²) in [4.78, 5) is 13.6. The number of nitrogens with zero attached hydrogens (tertiary/aromatic N) is 1. The largest absolute Gasteiger partial charge is 0.342 e. The molecule has 1 saturated carbocycles. The maximum Gasteiger partial charge on any atom is 0.236 e. The van der Waals surface area contributed by atoms with Crippen LogP contribution in [0.3, 0.4) is 0 Å². The number of rotatable bonds is 8. The number of hydrogen-bond acceptors (Lipinski definition) is 3. The van der Waals surface area contributed by atoms with E-state index >= 15 is 0 Å². The third kappa shape index (κ3) is 5.21. The maximum atomic E-state index is 11.7. The van der Waals surface area contributed by atoms with Gasteiger partial charge in [-0.3, -0.25) is 4.79 Å². The SMILES string of the molecule is CCSCCC(C)NCC(=O)N(C)C1CC1. The van der Waals surface area contributed by atoms with E-state index in [1.165, 1.54) is 24.3 Å². The lowest BCUT2D eigenvalue weighted by Crippen LogP contribution is -2.40. The van der Waals surface area contributed by atoms with Crippen LogP contribution in [0, 0.1) is 0 Å². The first-order valence-corrected chi connectivity index (χ1v) is 7.37. The molecule has 1 fully saturated rings. The zero-order valence-corrected chi connectivity index (χ0v) is 11.5. The van der Waals surface area contributed by atoms with Crippen LogP contribution in [0.5, 0.6) is 0 Å². The van der Waals surface area contributed by atoms with E-state index in [2.05, 4.69) is 19.2 Å². The second-order valence-corrected chi connectivity index (χ2v) is 5.90. The van der Waals surface area contributed by atoms with Crippen LogP contribution in [-0.2, 0) is 4.79 Å². The third-order valence-corrected chi connectivity index (χ3v) is 3.92. The van der Waals surface area contributed by atoms with Gasteiger partial charge in [-0.1, -0.05) is 6.92 Å². The lowest BCUT2D eigenvalue weighted by molar-refractivity contribution is -0.129. The van der Waals surface area contributed by atoms with Gasteiger partial charge in [-0.2, -0.15) is 11.8 Å². The van der Waals surface area contributed by atoms with Crippen LogP contribution in [0.4, 0.5) is 0 Å². The van der Waals surface area contributed by atoms with Crippen molar-refractivity contribution in [1.29, 1.82) is 0 Å². The number of nitrogens with one attached hydrogen (secondary N) is 1. The van der Waals surface area contributed by atoms with E-state index in [4.69, 9.17) is 0 Å². The summed E-state index contributed by atoms with van der Waals surface area (Å²) in [5, 5.41) is 3.30. The van der Waals surface area contributed by atoms with Gasteiger partial charge in [0.05, 0.1) is 6.54 Å². The molecule has 0 spiro atoms. The smallest absolute Gasteiger partial charge is 0.236 e. The summed E-state index contributed by atoms with van der Waals surface area (Å²) in [7, 11) is 1.92. The molecule has 0 aliphatic heterocycles. The van der Waals surface area contributed by atoms with Gasteiger partial charge in [0.25, 0.3) is 0 Å². The molecule has 0 heterocycles. The first kappa shape index (κ1) is 13.8. The lowest BCUT2D eigenvalue weighted by Gasteiger charge is -2.19. The van der Waals surface area contributed by atoms with Gasteiger partial charge in [-0.15, -0.1) is 0 Å². The van der Waals surface area contributed by atoms with Crippen LogP contribution in [0.2, 0.25) is 0 Å². The number of likely N-dealkylation sites (N-methyl/N-ethyl adjacent to an activating group) is 1. The summed E-state index contributed by atoms with van der Waals surface area (Å²) < 4.78 is 0. The van der Waals surface area contributed by atoms with Gasteiger partial charge >= 0.3 is 0 Å². The lowest BCUT2D eigenvalue weighted by atomic mass is 10.2. The molecule has 0 bridgehead atoms. The molecule has 94 valence electrons. The molecule has 0 saturated heterocycles. The van der Waals surface area contributed by atoms with Crippen molar-refractivity contribution in [3.05, 3.63) is 0 Å². The van der Waals surface area contributed by atoms with Crippen LogP contribution in [0.1, 0.15) is 33.1 Å². The van der Waals surface area contributed by atoms with Gasteiger partial charge in [-0.05, 0) is 37.7 Å². The number of carbonyl (C=O) groups is 1. The normalized spacial score (nSPS) is 17.2. The third-order valence-electron chi connectivity index (χ3n) is 2.99. The summed E-state index contributed by atoms with van der Waals surface area (Å²) in [6, 6.07) is 0.968. The highest BCUT2D eigenvalue weighted by Crippen LogP contribution is 2.25. The van der Waals surface area contributed by atoms with Gasteiger partial charge < -0.3 is 10.2 Å². The molecule has 0 aromatic heterocycles. The van der Waals surface area contributed by atoms with Crippen LogP contribution in [0.25, 0.3) is 0 Å². The number of amides is 1. The molecule has 1 rings (SSSR count). The van der Waals surface area contributed by atoms with Crippen molar-refractivity contribution in [2.45, 2.75) is 45.2 Å². The number of hydrogen-bond donors (Lipinski definition) is 1. The number of carbonyl (C=O) groups excluding carboxylic acids is 1. The molecule has 4 heteroatoms. The minimum atomic E-state index is 0.234. The molecule has 1 amide bonds. The fourth-order valence-corrected chi connectivity index (χ4v) is 2.37. The minimum absolute atomic E-state index is 0.234. The molecule has 1 aliphatic carbocycles. The average Bonchev–Trinajstić information content (AvgIpc) is 3.09. The van der Waals surface area contributed by atoms with E-state index in [1.54, 1.807) is 0 Å². The van der Waals surface area contributed by atoms with Crippen molar-refractivity contribution < 1.29 is 4.79 Å². The Labute approximate surface area is 103 Å². The van der Waals surface area contributed by atoms with E-state index in [-0.39, 0.29) is 5.91 Å². The Kier molecular flexibility index (Phi) is 6.21. The highest BCUT2D eigenvalue weighted by atomic mass is 32.2. The zero-order valence-electron chi connectivity index (χ0n) is 10.7. The molecule has 16 heavy (non-hydrogen) atoms. The highest BCUT2D eigenvalue weighted by molar-refractivity contribution is 7.99. The van der Waals surface area contributed by atoms with Crippen molar-refractivity contribution in [2.24, 2.45) is 0 Å². The molecule has 0 aromatic carbocycles. The molecule has 1 aliphatic rings. The van der Waals surface area contributed by atoms with Gasteiger partial charge in [0.1, 0.15) is 0 Å². The quantitative estimate of drug-likeness (QED) is 0.660. The highest BCUT2D eigenvalue weighted by Gasteiger charge is 2.29. The molecule has 1 N–H and O–H groups in total. The Morgan fingerprint density at radius 1 is 1.56 bits per heavy atom. The van der Waals surface area contributed by atoms with Crippen molar-refractivity contribution in [3.8, 4) is 0 Å². The second-order valence-electron chi connectivity index (χ2n) is 4.50. The second kappa shape index (κ2) is 7.17. The van der Waals surface area contributed by atoms with Crippen LogP contribution in [-0.4, -0.2) is 48.0 Å². The van der Waals surface area contributed by atoms with Crippen molar-refractivity contribution >= 4 is 17.7 Å². The van der Waals surface area contributed by atoms with Crippen molar-refractivity contribution in [1.82, 2.24) is 10.2 Å². The Morgan fingerprint density at radius 3 is 2.81 bits per heavy atom. The molecular weight excluding hydrogens is 220 g/mol. The van der Waals surface area contributed by atoms with E-state index in [0.717, 1.165) is 6.42 Å². The van der Waals surface area contributed by atoms with Gasteiger partial charge in [-0.25, -0.2) is 0 Å². The van der Waals surface area contributed by atoms with Crippen LogP contribution in [0.15, 0.2) is 0 Å². The molecule has 1 unspecified atom stereocenters. The fourth-order valence-electron chi connectivity index (χ4n) is 1.56. The first-order valence-electron chi connectivity index (χ1n) is 6.22. The Bertz CT molecular complexity index is 219. The van der Waals surface area contributed by atoms with Gasteiger partial charge in [0, 0.05) is 19.1 Å². The Hall–Kier alpha value is -0.220. The van der Waals surface area contributed by atoms with Gasteiger partial charge in [0.2, 0.25) is 5.91 Å². The average molecular weight is 244 g/mol. The molecule has 1 atom stereocenters. The van der Waals surface area contributed by atoms with E-state index in [9.17, 15) is 4.79 Å². The fraction of sp³-hybridized carbons (Fsp3) is 0.917. The van der Waals surface area contributed by atoms with Crippen molar-refractivity contribution in [3.63, 3.8) is 0 Å². The molecule has 3 nitrogen and oxygen atoms in total. The predicted octanol–water partition coefficient (Wildman–Crippen LogP) is 1.73. The minimum Gasteiger partial charge on any atom is -0.342 e. The molecule has 0 radical (unpaired) electrons. The molecule has 0 aromatic rings. The summed E-state index contributed by atoms with van der Waals surface area (Å²) in [5.41, 5.74) is 0. The summed E-state index contributed by atoms with van der Waals surface area (Å²) >= 11 is 1.96. The summed E-state index contributed by atoms with van der Waals surface area (Å²) in [5.74, 6) is 2.59. The van der Waals surface area contributed by atoms with Crippen LogP contribution >= 0.6 is 11.8 Å². The monoisotopic (exact) mass is 244 g/mol. The Balaban J connectivity index is 2.05. The van der Waals surface area contributed by atoms with E-state index < -0.39 is 0 Å². The summed E-state index contributed by atoms with van der Waals surface area (Å²) in [6.07, 6.45) is 3.51. The van der Waals surface area contributed by atoms with E-state index in [0.29, 0.717) is 18.6 Å². The zero-order chi connectivity index (χ0) is 12.0. The maximum absolute atomic E-state index is 11.7. The molecular formula is C12H24N2OS. The standard InChI is InChI=1S/C12H24N2OS/c1-4-16-8-7-10(2)13-9-12(15)14(3)11-5-6-11/h10-11,13H,4-9H2,1-3H3. The topological polar surface area (TPSA) is 32.3 Å². The van der Waals surface area contributed by atoms with Gasteiger partial charge in [0.15, 0.2) is 0 Å². The number of thioether (sulfide) groups is 1. The van der Waals surface area contributed by atoms with E-state index in [1.807, 2.05) is 23.7 Å². The Morgan fingerprint density at radius 2 is 2.25 bits per heavy atom. The van der Waals surface area contributed by atoms with Crippen LogP contribution < -0.4 is 5.32 Å². The summed E-state index contributed by atoms with van der Waals surface area (Å²) in [6.45, 7) is 4.82. The van der Waals surface area contributed by atoms with Crippen molar-refractivity contribution in [2.75, 3.05) is 25.1 Å². The first-order chi connectivity index (χ1) is 7.65.